The van der Waals surface area contributed by atoms with Gasteiger partial charge in [0.1, 0.15) is 0 Å². The Labute approximate surface area is 47.0 Å². The van der Waals surface area contributed by atoms with Crippen LogP contribution < -0.4 is 0 Å². The summed E-state index contributed by atoms with van der Waals surface area (Å²) in [7, 11) is 0. The summed E-state index contributed by atoms with van der Waals surface area (Å²) in [4.78, 5) is 4.00. The van der Waals surface area contributed by atoms with Gasteiger partial charge in [0.05, 0.1) is 16.6 Å². The summed E-state index contributed by atoms with van der Waals surface area (Å²) in [5.41, 5.74) is 2.88. The molecule has 0 unspecified atom stereocenters. The highest BCUT2D eigenvalue weighted by Gasteiger charge is 1.85. The molecule has 0 spiro atoms. The average Bonchev–Trinajstić information content (AvgIpc) is 2.14. The lowest BCUT2D eigenvalue weighted by atomic mass is 10.4. The fourth-order valence-corrected chi connectivity index (χ4v) is 0.940. The van der Waals surface area contributed by atoms with Crippen molar-refractivity contribution in [1.82, 2.24) is 4.98 Å². The van der Waals surface area contributed by atoms with Crippen molar-refractivity contribution in [3.63, 3.8) is 0 Å². The smallest absolute Gasteiger partial charge is 0.0801 e. The molecule has 0 aliphatic carbocycles. The van der Waals surface area contributed by atoms with Gasteiger partial charge < -0.3 is 0 Å². The number of thiazole rings is 1. The highest BCUT2D eigenvalue weighted by molar-refractivity contribution is 7.07. The number of rotatable bonds is 1. The number of hydrogen-bond acceptors (Lipinski definition) is 2. The molecular weight excluding hydrogens is 106 g/mol. The highest BCUT2D eigenvalue weighted by atomic mass is 32.1. The van der Waals surface area contributed by atoms with Crippen molar-refractivity contribution in [3.8, 4) is 0 Å². The predicted molar refractivity (Wildman–Crippen MR) is 30.3 cm³/mol. The van der Waals surface area contributed by atoms with Gasteiger partial charge in [-0.05, 0) is 6.42 Å². The minimum absolute atomic E-state index is 1.00. The van der Waals surface area contributed by atoms with E-state index in [0.717, 1.165) is 12.1 Å². The van der Waals surface area contributed by atoms with E-state index >= 15 is 0 Å². The van der Waals surface area contributed by atoms with E-state index < -0.39 is 0 Å². The fraction of sp³-hybridized carbons (Fsp3) is 0.400. The quantitative estimate of drug-likeness (QED) is 0.536. The van der Waals surface area contributed by atoms with Gasteiger partial charge in [-0.25, -0.2) is 4.98 Å². The summed E-state index contributed by atoms with van der Waals surface area (Å²) in [5, 5.41) is 3.02. The molecular formula is C5H6NS. The van der Waals surface area contributed by atoms with E-state index in [1.807, 2.05) is 0 Å². The average molecular weight is 112 g/mol. The van der Waals surface area contributed by atoms with Crippen LogP contribution in [0.5, 0.6) is 0 Å². The summed E-state index contributed by atoms with van der Waals surface area (Å²) in [6.45, 7) is 2.07. The van der Waals surface area contributed by atoms with Crippen LogP contribution in [0.1, 0.15) is 12.6 Å². The maximum absolute atomic E-state index is 4.00. The van der Waals surface area contributed by atoms with Gasteiger partial charge >= 0.3 is 0 Å². The number of aryl methyl sites for hydroxylation is 1. The van der Waals surface area contributed by atoms with E-state index in [1.54, 1.807) is 5.51 Å². The van der Waals surface area contributed by atoms with Crippen molar-refractivity contribution in [3.05, 3.63) is 16.6 Å². The monoisotopic (exact) mass is 112 g/mol. The van der Waals surface area contributed by atoms with Gasteiger partial charge in [-0.2, -0.15) is 0 Å². The molecule has 0 aromatic carbocycles. The van der Waals surface area contributed by atoms with Crippen molar-refractivity contribution < 1.29 is 0 Å². The molecule has 0 fully saturated rings. The first kappa shape index (κ1) is 4.78. The van der Waals surface area contributed by atoms with Crippen molar-refractivity contribution in [2.45, 2.75) is 13.3 Å². The second-order valence-corrected chi connectivity index (χ2v) is 1.91. The molecule has 2 heteroatoms. The normalized spacial score (nSPS) is 9.29. The molecule has 1 aromatic heterocycles. The summed E-state index contributed by atoms with van der Waals surface area (Å²) < 4.78 is 0. The SMILES string of the molecule is CCc1[c]scn1. The van der Waals surface area contributed by atoms with Gasteiger partial charge in [0.25, 0.3) is 0 Å². The Hall–Kier alpha value is -0.370. The van der Waals surface area contributed by atoms with Crippen LogP contribution in [0.25, 0.3) is 0 Å². The zero-order valence-corrected chi connectivity index (χ0v) is 4.96. The number of hydrogen-bond donors (Lipinski definition) is 0. The number of nitrogens with zero attached hydrogens (tertiary/aromatic N) is 1. The second-order valence-electron chi connectivity index (χ2n) is 1.25. The molecule has 0 aliphatic heterocycles. The Balaban J connectivity index is 2.76. The van der Waals surface area contributed by atoms with Crippen LogP contribution in [0.3, 0.4) is 0 Å². The maximum atomic E-state index is 4.00. The molecule has 0 N–H and O–H groups in total. The zero-order chi connectivity index (χ0) is 5.11. The molecule has 0 amide bonds. The third-order valence-electron chi connectivity index (χ3n) is 0.773. The Kier molecular flexibility index (Phi) is 1.42. The molecule has 0 bridgehead atoms. The molecule has 1 rings (SSSR count). The lowest BCUT2D eigenvalue weighted by molar-refractivity contribution is 1.06. The first-order valence-electron chi connectivity index (χ1n) is 2.23. The van der Waals surface area contributed by atoms with Crippen molar-refractivity contribution in [2.24, 2.45) is 0 Å². The molecule has 1 aromatic rings. The largest absolute Gasteiger partial charge is 0.249 e. The minimum Gasteiger partial charge on any atom is -0.249 e. The first-order valence-corrected chi connectivity index (χ1v) is 3.11. The van der Waals surface area contributed by atoms with Gasteiger partial charge in [0.15, 0.2) is 0 Å². The van der Waals surface area contributed by atoms with Crippen LogP contribution in [0, 0.1) is 5.38 Å². The molecule has 0 atom stereocenters. The van der Waals surface area contributed by atoms with Gasteiger partial charge in [-0.15, -0.1) is 11.3 Å². The minimum atomic E-state index is 1.00. The molecule has 0 saturated heterocycles. The van der Waals surface area contributed by atoms with Crippen LogP contribution in [-0.2, 0) is 6.42 Å². The van der Waals surface area contributed by atoms with Crippen LogP contribution in [0.4, 0.5) is 0 Å². The van der Waals surface area contributed by atoms with Gasteiger partial charge in [0.2, 0.25) is 0 Å². The van der Waals surface area contributed by atoms with E-state index in [4.69, 9.17) is 0 Å². The fourth-order valence-electron chi connectivity index (χ4n) is 0.374. The maximum Gasteiger partial charge on any atom is 0.0801 e. The van der Waals surface area contributed by atoms with Crippen LogP contribution in [-0.4, -0.2) is 4.98 Å². The van der Waals surface area contributed by atoms with Crippen LogP contribution in [0.15, 0.2) is 5.51 Å². The van der Waals surface area contributed by atoms with Crippen LogP contribution in [0.2, 0.25) is 0 Å². The topological polar surface area (TPSA) is 12.9 Å². The summed E-state index contributed by atoms with van der Waals surface area (Å²) >= 11 is 1.53. The van der Waals surface area contributed by atoms with Gasteiger partial charge in [-0.3, -0.25) is 0 Å². The summed E-state index contributed by atoms with van der Waals surface area (Å²) in [5.74, 6) is 0. The first-order chi connectivity index (χ1) is 3.43. The third-order valence-corrected chi connectivity index (χ3v) is 1.34. The highest BCUT2D eigenvalue weighted by Crippen LogP contribution is 1.98. The predicted octanol–water partition coefficient (Wildman–Crippen LogP) is 1.51. The number of aromatic nitrogens is 1. The standard InChI is InChI=1S/C5H6NS/c1-2-5-3-7-4-6-5/h4H,2H2,1H3. The lowest BCUT2D eigenvalue weighted by Crippen LogP contribution is -1.73. The summed E-state index contributed by atoms with van der Waals surface area (Å²) in [6.07, 6.45) is 1.00. The van der Waals surface area contributed by atoms with E-state index in [2.05, 4.69) is 17.3 Å². The van der Waals surface area contributed by atoms with Crippen LogP contribution >= 0.6 is 11.3 Å². The molecule has 1 radical (unpaired) electrons. The van der Waals surface area contributed by atoms with Crippen molar-refractivity contribution in [2.75, 3.05) is 0 Å². The van der Waals surface area contributed by atoms with E-state index in [0.29, 0.717) is 0 Å². The van der Waals surface area contributed by atoms with Crippen molar-refractivity contribution >= 4 is 11.3 Å². The lowest BCUT2D eigenvalue weighted by Gasteiger charge is -1.76. The second kappa shape index (κ2) is 2.07. The molecule has 1 heterocycles. The Morgan fingerprint density at radius 3 is 3.14 bits per heavy atom. The molecule has 0 saturated carbocycles. The Morgan fingerprint density at radius 2 is 2.86 bits per heavy atom. The third kappa shape index (κ3) is 0.996. The van der Waals surface area contributed by atoms with E-state index in [1.165, 1.54) is 11.3 Å². The molecule has 37 valence electrons. The molecule has 1 nitrogen and oxygen atoms in total. The van der Waals surface area contributed by atoms with Gasteiger partial charge in [-0.1, -0.05) is 6.92 Å². The Morgan fingerprint density at radius 1 is 2.00 bits per heavy atom. The van der Waals surface area contributed by atoms with E-state index in [-0.39, 0.29) is 0 Å². The zero-order valence-electron chi connectivity index (χ0n) is 4.14. The molecule has 0 aliphatic rings. The summed E-state index contributed by atoms with van der Waals surface area (Å²) in [6, 6.07) is 0. The van der Waals surface area contributed by atoms with E-state index in [9.17, 15) is 0 Å². The molecule has 7 heavy (non-hydrogen) atoms. The van der Waals surface area contributed by atoms with Gasteiger partial charge in [0, 0.05) is 0 Å². The Bertz CT molecular complexity index is 123. The van der Waals surface area contributed by atoms with Crippen molar-refractivity contribution in [1.29, 1.82) is 0 Å².